The van der Waals surface area contributed by atoms with Crippen LogP contribution in [0.15, 0.2) is 12.7 Å². The normalized spacial score (nSPS) is 10.8. The summed E-state index contributed by atoms with van der Waals surface area (Å²) in [7, 11) is 3.42. The maximum Gasteiger partial charge on any atom is 0.177 e. The summed E-state index contributed by atoms with van der Waals surface area (Å²) >= 11 is 0.935. The van der Waals surface area contributed by atoms with Crippen LogP contribution in [0.25, 0.3) is 0 Å². The Morgan fingerprint density at radius 2 is 2.36 bits per heavy atom. The second-order valence-corrected chi connectivity index (χ2v) is 2.49. The monoisotopic (exact) mass is 176 g/mol. The van der Waals surface area contributed by atoms with Gasteiger partial charge in [0.15, 0.2) is 12.2 Å². The van der Waals surface area contributed by atoms with Crippen LogP contribution < -0.4 is 0 Å². The van der Waals surface area contributed by atoms with Crippen LogP contribution in [0.4, 0.5) is 0 Å². The highest BCUT2D eigenvalue weighted by atomic mass is 32.2. The largest absolute Gasteiger partial charge is 0.222 e. The molecule has 1 rings (SSSR count). The van der Waals surface area contributed by atoms with E-state index in [0.29, 0.717) is 0 Å². The lowest BCUT2D eigenvalue weighted by Gasteiger charge is -2.05. The van der Waals surface area contributed by atoms with Crippen molar-refractivity contribution in [3.63, 3.8) is 0 Å². The molecule has 0 aliphatic heterocycles. The highest BCUT2D eigenvalue weighted by Crippen LogP contribution is 2.04. The van der Waals surface area contributed by atoms with E-state index in [1.807, 2.05) is 0 Å². The minimum absolute atomic E-state index is 0.935. The maximum absolute atomic E-state index is 4.64. The minimum atomic E-state index is 0.935. The van der Waals surface area contributed by atoms with E-state index in [2.05, 4.69) is 19.4 Å². The van der Waals surface area contributed by atoms with Gasteiger partial charge in [-0.1, -0.05) is 0 Å². The number of hydroxylamine groups is 2. The summed E-state index contributed by atoms with van der Waals surface area (Å²) in [6, 6.07) is 0. The average Bonchev–Trinajstić information content (AvgIpc) is 2.39. The Morgan fingerprint density at radius 1 is 1.55 bits per heavy atom. The van der Waals surface area contributed by atoms with Crippen LogP contribution in [-0.2, 0) is 9.32 Å². The van der Waals surface area contributed by atoms with Gasteiger partial charge in [0.05, 0.1) is 0 Å². The molecular weight excluding hydrogens is 168 g/mol. The minimum Gasteiger partial charge on any atom is -0.222 e. The Hall–Kier alpha value is -0.630. The van der Waals surface area contributed by atoms with E-state index in [1.165, 1.54) is 21.8 Å². The first-order valence-corrected chi connectivity index (χ1v) is 3.52. The molecule has 1 heterocycles. The van der Waals surface area contributed by atoms with Gasteiger partial charge in [-0.05, 0) is 0 Å². The highest BCUT2D eigenvalue weighted by Gasteiger charge is 1.94. The molecule has 0 saturated heterocycles. The molecule has 1 aromatic rings. The third-order valence-electron chi connectivity index (χ3n) is 0.684. The average molecular weight is 176 g/mol. The lowest BCUT2D eigenvalue weighted by Crippen LogP contribution is -2.10. The summed E-state index contributed by atoms with van der Waals surface area (Å²) < 4.78 is 6.06. The van der Waals surface area contributed by atoms with Gasteiger partial charge in [-0.2, -0.15) is 9.15 Å². The molecule has 6 nitrogen and oxygen atoms in total. The summed E-state index contributed by atoms with van der Waals surface area (Å²) in [5.41, 5.74) is 0. The third-order valence-corrected chi connectivity index (χ3v) is 1.15. The van der Waals surface area contributed by atoms with Crippen molar-refractivity contribution in [2.75, 3.05) is 14.1 Å². The van der Waals surface area contributed by atoms with E-state index < -0.39 is 0 Å². The SMILES string of the molecule is CN(C)OOSn1cncn1. The van der Waals surface area contributed by atoms with Crippen LogP contribution in [0, 0.1) is 0 Å². The molecule has 0 bridgehead atoms. The van der Waals surface area contributed by atoms with Crippen LogP contribution >= 0.6 is 12.2 Å². The van der Waals surface area contributed by atoms with E-state index in [-0.39, 0.29) is 0 Å². The van der Waals surface area contributed by atoms with Crippen molar-refractivity contribution in [3.8, 4) is 0 Å². The number of aromatic nitrogens is 3. The van der Waals surface area contributed by atoms with Crippen LogP contribution in [-0.4, -0.2) is 33.3 Å². The molecular formula is C4H8N4O2S. The van der Waals surface area contributed by atoms with Gasteiger partial charge in [-0.3, -0.25) is 0 Å². The maximum atomic E-state index is 4.64. The summed E-state index contributed by atoms with van der Waals surface area (Å²) in [4.78, 5) is 8.32. The number of hydrogen-bond donors (Lipinski definition) is 0. The van der Waals surface area contributed by atoms with Gasteiger partial charge in [-0.25, -0.2) is 4.98 Å². The predicted molar refractivity (Wildman–Crippen MR) is 38.9 cm³/mol. The molecule has 0 aliphatic rings. The summed E-state index contributed by atoms with van der Waals surface area (Å²) in [5, 5.41) is 5.18. The molecule has 0 aliphatic carbocycles. The summed E-state index contributed by atoms with van der Waals surface area (Å²) in [6.07, 6.45) is 2.91. The summed E-state index contributed by atoms with van der Waals surface area (Å²) in [5.74, 6) is 0. The topological polar surface area (TPSA) is 52.4 Å². The van der Waals surface area contributed by atoms with Crippen molar-refractivity contribution in [1.82, 2.24) is 19.2 Å². The van der Waals surface area contributed by atoms with Gasteiger partial charge in [0.2, 0.25) is 0 Å². The first kappa shape index (κ1) is 8.47. The zero-order chi connectivity index (χ0) is 8.10. The molecule has 0 N–H and O–H groups in total. The molecule has 62 valence electrons. The number of rotatable bonds is 4. The fourth-order valence-electron chi connectivity index (χ4n) is 0.342. The van der Waals surface area contributed by atoms with Crippen molar-refractivity contribution in [3.05, 3.63) is 12.7 Å². The van der Waals surface area contributed by atoms with Gasteiger partial charge in [0.1, 0.15) is 12.7 Å². The highest BCUT2D eigenvalue weighted by molar-refractivity contribution is 7.92. The van der Waals surface area contributed by atoms with E-state index in [1.54, 1.807) is 14.1 Å². The van der Waals surface area contributed by atoms with Crippen molar-refractivity contribution >= 4 is 12.2 Å². The lowest BCUT2D eigenvalue weighted by atomic mass is 11.2. The van der Waals surface area contributed by atoms with Gasteiger partial charge in [0, 0.05) is 14.1 Å². The number of hydrogen-bond acceptors (Lipinski definition) is 6. The van der Waals surface area contributed by atoms with Crippen LogP contribution in [0.3, 0.4) is 0 Å². The smallest absolute Gasteiger partial charge is 0.177 e. The first-order chi connectivity index (χ1) is 5.29. The molecule has 0 aromatic carbocycles. The summed E-state index contributed by atoms with van der Waals surface area (Å²) in [6.45, 7) is 0. The molecule has 0 fully saturated rings. The Bertz CT molecular complexity index is 190. The standard InChI is InChI=1S/C4H8N4O2S/c1-7(2)9-10-11-8-4-5-3-6-8/h3-4H,1-2H3. The van der Waals surface area contributed by atoms with E-state index >= 15 is 0 Å². The van der Waals surface area contributed by atoms with Crippen molar-refractivity contribution in [2.24, 2.45) is 0 Å². The molecule has 0 saturated carbocycles. The van der Waals surface area contributed by atoms with Crippen molar-refractivity contribution in [1.29, 1.82) is 0 Å². The van der Waals surface area contributed by atoms with Gasteiger partial charge < -0.3 is 0 Å². The van der Waals surface area contributed by atoms with Gasteiger partial charge in [-0.15, -0.1) is 14.4 Å². The molecule has 0 amide bonds. The lowest BCUT2D eigenvalue weighted by molar-refractivity contribution is -0.340. The van der Waals surface area contributed by atoms with E-state index in [9.17, 15) is 0 Å². The van der Waals surface area contributed by atoms with Crippen molar-refractivity contribution < 1.29 is 9.32 Å². The predicted octanol–water partition coefficient (Wildman–Crippen LogP) is 0.114. The molecule has 0 radical (unpaired) electrons. The van der Waals surface area contributed by atoms with Crippen LogP contribution in [0.2, 0.25) is 0 Å². The fraction of sp³-hybridized carbons (Fsp3) is 0.500. The zero-order valence-electron chi connectivity index (χ0n) is 6.17. The third kappa shape index (κ3) is 3.33. The van der Waals surface area contributed by atoms with Crippen molar-refractivity contribution in [2.45, 2.75) is 0 Å². The van der Waals surface area contributed by atoms with Crippen LogP contribution in [0.1, 0.15) is 0 Å². The second-order valence-electron chi connectivity index (χ2n) is 1.83. The molecule has 7 heteroatoms. The fourth-order valence-corrected chi connectivity index (χ4v) is 0.726. The zero-order valence-corrected chi connectivity index (χ0v) is 6.98. The first-order valence-electron chi connectivity index (χ1n) is 2.83. The number of nitrogens with zero attached hydrogens (tertiary/aromatic N) is 4. The Kier molecular flexibility index (Phi) is 3.30. The van der Waals surface area contributed by atoms with Gasteiger partial charge >= 0.3 is 0 Å². The van der Waals surface area contributed by atoms with E-state index in [4.69, 9.17) is 0 Å². The second kappa shape index (κ2) is 4.29. The Balaban J connectivity index is 2.14. The van der Waals surface area contributed by atoms with Crippen LogP contribution in [0.5, 0.6) is 0 Å². The Morgan fingerprint density at radius 3 is 2.91 bits per heavy atom. The molecule has 0 unspecified atom stereocenters. The molecule has 0 spiro atoms. The quantitative estimate of drug-likeness (QED) is 0.369. The van der Waals surface area contributed by atoms with Gasteiger partial charge in [0.25, 0.3) is 0 Å². The molecule has 1 aromatic heterocycles. The Labute approximate surface area is 68.3 Å². The molecule has 0 atom stereocenters. The molecule has 11 heavy (non-hydrogen) atoms. The van der Waals surface area contributed by atoms with E-state index in [0.717, 1.165) is 12.2 Å².